The highest BCUT2D eigenvalue weighted by Gasteiger charge is 2.27. The van der Waals surface area contributed by atoms with E-state index in [2.05, 4.69) is 20.8 Å². The molecule has 4 atom stereocenters. The summed E-state index contributed by atoms with van der Waals surface area (Å²) >= 11 is 0. The van der Waals surface area contributed by atoms with Crippen LogP contribution in [0.4, 0.5) is 0 Å². The van der Waals surface area contributed by atoms with Crippen molar-refractivity contribution in [3.05, 3.63) is 0 Å². The van der Waals surface area contributed by atoms with Crippen LogP contribution in [-0.2, 0) is 0 Å². The van der Waals surface area contributed by atoms with Crippen LogP contribution in [0.1, 0.15) is 46.5 Å². The summed E-state index contributed by atoms with van der Waals surface area (Å²) in [5.74, 6) is 2.26. The lowest BCUT2D eigenvalue weighted by molar-refractivity contribution is 0.0542. The fraction of sp³-hybridized carbons (Fsp3) is 1.00. The van der Waals surface area contributed by atoms with Crippen molar-refractivity contribution in [1.82, 2.24) is 0 Å². The SMILES string of the molecule is CCC(O)C1CCC(C)C(C)C1. The van der Waals surface area contributed by atoms with Crippen molar-refractivity contribution >= 4 is 0 Å². The van der Waals surface area contributed by atoms with E-state index >= 15 is 0 Å². The molecule has 1 aliphatic rings. The van der Waals surface area contributed by atoms with Crippen molar-refractivity contribution in [3.8, 4) is 0 Å². The van der Waals surface area contributed by atoms with Gasteiger partial charge < -0.3 is 5.11 Å². The molecule has 0 aromatic carbocycles. The summed E-state index contributed by atoms with van der Waals surface area (Å²) in [4.78, 5) is 0. The summed E-state index contributed by atoms with van der Waals surface area (Å²) < 4.78 is 0. The average Bonchev–Trinajstić information content (AvgIpc) is 2.08. The van der Waals surface area contributed by atoms with Gasteiger partial charge in [-0.25, -0.2) is 0 Å². The molecule has 1 saturated carbocycles. The predicted molar refractivity (Wildman–Crippen MR) is 52.0 cm³/mol. The number of aliphatic hydroxyl groups excluding tert-OH is 1. The van der Waals surface area contributed by atoms with E-state index in [4.69, 9.17) is 0 Å². The first-order chi connectivity index (χ1) is 5.65. The molecule has 0 radical (unpaired) electrons. The number of hydrogen-bond donors (Lipinski definition) is 1. The first-order valence-electron chi connectivity index (χ1n) is 5.33. The van der Waals surface area contributed by atoms with E-state index < -0.39 is 0 Å². The van der Waals surface area contributed by atoms with Crippen molar-refractivity contribution in [2.24, 2.45) is 17.8 Å². The maximum Gasteiger partial charge on any atom is 0.0565 e. The molecule has 1 N–H and O–H groups in total. The van der Waals surface area contributed by atoms with Crippen LogP contribution in [0.5, 0.6) is 0 Å². The minimum atomic E-state index is -0.0417. The first kappa shape index (κ1) is 10.0. The number of aliphatic hydroxyl groups is 1. The molecule has 0 heterocycles. The summed E-state index contributed by atoms with van der Waals surface area (Å²) in [5.41, 5.74) is 0. The van der Waals surface area contributed by atoms with Gasteiger partial charge >= 0.3 is 0 Å². The fourth-order valence-corrected chi connectivity index (χ4v) is 2.27. The molecule has 1 heteroatoms. The minimum Gasteiger partial charge on any atom is -0.393 e. The molecular weight excluding hydrogens is 148 g/mol. The molecule has 4 unspecified atom stereocenters. The van der Waals surface area contributed by atoms with Crippen LogP contribution in [0.2, 0.25) is 0 Å². The molecule has 1 rings (SSSR count). The standard InChI is InChI=1S/C11H22O/c1-4-11(12)10-6-5-8(2)9(3)7-10/h8-12H,4-7H2,1-3H3. The summed E-state index contributed by atoms with van der Waals surface area (Å²) in [6, 6.07) is 0. The van der Waals surface area contributed by atoms with Crippen LogP contribution in [0.15, 0.2) is 0 Å². The highest BCUT2D eigenvalue weighted by molar-refractivity contribution is 4.78. The van der Waals surface area contributed by atoms with Gasteiger partial charge in [0.2, 0.25) is 0 Å². The molecule has 0 aromatic heterocycles. The van der Waals surface area contributed by atoms with E-state index in [-0.39, 0.29) is 6.10 Å². The monoisotopic (exact) mass is 170 g/mol. The van der Waals surface area contributed by atoms with E-state index in [1.165, 1.54) is 19.3 Å². The average molecular weight is 170 g/mol. The highest BCUT2D eigenvalue weighted by atomic mass is 16.3. The number of rotatable bonds is 2. The van der Waals surface area contributed by atoms with Gasteiger partial charge in [0.1, 0.15) is 0 Å². The van der Waals surface area contributed by atoms with Gasteiger partial charge in [-0.2, -0.15) is 0 Å². The lowest BCUT2D eigenvalue weighted by Gasteiger charge is -2.34. The van der Waals surface area contributed by atoms with E-state index in [0.717, 1.165) is 18.3 Å². The van der Waals surface area contributed by atoms with E-state index in [1.54, 1.807) is 0 Å². The van der Waals surface area contributed by atoms with Gasteiger partial charge in [0, 0.05) is 0 Å². The molecule has 0 saturated heterocycles. The molecule has 1 aliphatic carbocycles. The minimum absolute atomic E-state index is 0.0417. The molecular formula is C11H22O. The summed E-state index contributed by atoms with van der Waals surface area (Å²) in [6.07, 6.45) is 4.66. The zero-order valence-corrected chi connectivity index (χ0v) is 8.59. The Kier molecular flexibility index (Phi) is 3.57. The van der Waals surface area contributed by atoms with Crippen LogP contribution in [0, 0.1) is 17.8 Å². The van der Waals surface area contributed by atoms with Crippen LogP contribution < -0.4 is 0 Å². The van der Waals surface area contributed by atoms with Crippen LogP contribution >= 0.6 is 0 Å². The quantitative estimate of drug-likeness (QED) is 0.675. The maximum atomic E-state index is 9.69. The van der Waals surface area contributed by atoms with Gasteiger partial charge in [-0.15, -0.1) is 0 Å². The third-order valence-electron chi connectivity index (χ3n) is 3.60. The van der Waals surface area contributed by atoms with Crippen molar-refractivity contribution in [2.45, 2.75) is 52.6 Å². The summed E-state index contributed by atoms with van der Waals surface area (Å²) in [6.45, 7) is 6.73. The smallest absolute Gasteiger partial charge is 0.0565 e. The Hall–Kier alpha value is -0.0400. The third-order valence-corrected chi connectivity index (χ3v) is 3.60. The van der Waals surface area contributed by atoms with E-state index in [9.17, 15) is 5.11 Å². The molecule has 0 aromatic rings. The zero-order valence-electron chi connectivity index (χ0n) is 8.59. The molecule has 0 spiro atoms. The van der Waals surface area contributed by atoms with Crippen molar-refractivity contribution in [3.63, 3.8) is 0 Å². The second-order valence-electron chi connectivity index (χ2n) is 4.50. The van der Waals surface area contributed by atoms with Crippen LogP contribution in [-0.4, -0.2) is 11.2 Å². The molecule has 1 nitrogen and oxygen atoms in total. The molecule has 0 amide bonds. The second kappa shape index (κ2) is 4.27. The fourth-order valence-electron chi connectivity index (χ4n) is 2.27. The van der Waals surface area contributed by atoms with Crippen molar-refractivity contribution < 1.29 is 5.11 Å². The zero-order chi connectivity index (χ0) is 9.14. The van der Waals surface area contributed by atoms with Crippen molar-refractivity contribution in [2.75, 3.05) is 0 Å². The highest BCUT2D eigenvalue weighted by Crippen LogP contribution is 2.35. The molecule has 72 valence electrons. The Bertz CT molecular complexity index is 133. The van der Waals surface area contributed by atoms with Gasteiger partial charge in [0.05, 0.1) is 6.10 Å². The third kappa shape index (κ3) is 2.22. The van der Waals surface area contributed by atoms with Gasteiger partial charge in [0.15, 0.2) is 0 Å². The second-order valence-corrected chi connectivity index (χ2v) is 4.50. The summed E-state index contributed by atoms with van der Waals surface area (Å²) in [7, 11) is 0. The Morgan fingerprint density at radius 2 is 1.92 bits per heavy atom. The van der Waals surface area contributed by atoms with Gasteiger partial charge in [-0.3, -0.25) is 0 Å². The Balaban J connectivity index is 2.39. The van der Waals surface area contributed by atoms with Gasteiger partial charge in [-0.05, 0) is 37.0 Å². The van der Waals surface area contributed by atoms with E-state index in [0.29, 0.717) is 5.92 Å². The Morgan fingerprint density at radius 3 is 2.42 bits per heavy atom. The number of hydrogen-bond acceptors (Lipinski definition) is 1. The van der Waals surface area contributed by atoms with Crippen molar-refractivity contribution in [1.29, 1.82) is 0 Å². The molecule has 0 aliphatic heterocycles. The summed E-state index contributed by atoms with van der Waals surface area (Å²) in [5, 5.41) is 9.69. The van der Waals surface area contributed by atoms with Gasteiger partial charge in [0.25, 0.3) is 0 Å². The van der Waals surface area contributed by atoms with E-state index in [1.807, 2.05) is 0 Å². The Labute approximate surface area is 76.2 Å². The predicted octanol–water partition coefficient (Wildman–Crippen LogP) is 2.83. The van der Waals surface area contributed by atoms with Crippen LogP contribution in [0.25, 0.3) is 0 Å². The first-order valence-corrected chi connectivity index (χ1v) is 5.33. The lowest BCUT2D eigenvalue weighted by atomic mass is 9.73. The molecule has 12 heavy (non-hydrogen) atoms. The lowest BCUT2D eigenvalue weighted by Crippen LogP contribution is -2.28. The topological polar surface area (TPSA) is 20.2 Å². The maximum absolute atomic E-state index is 9.69. The van der Waals surface area contributed by atoms with Gasteiger partial charge in [-0.1, -0.05) is 27.2 Å². The normalized spacial score (nSPS) is 39.5. The Morgan fingerprint density at radius 1 is 1.25 bits per heavy atom. The largest absolute Gasteiger partial charge is 0.393 e. The van der Waals surface area contributed by atoms with Crippen LogP contribution in [0.3, 0.4) is 0 Å². The molecule has 1 fully saturated rings. The molecule has 0 bridgehead atoms.